The maximum atomic E-state index is 13.0. The molecule has 2 amide bonds. The summed E-state index contributed by atoms with van der Waals surface area (Å²) in [6.07, 6.45) is 8.28. The Kier molecular flexibility index (Phi) is 7.94. The number of hydrogen-bond acceptors (Lipinski definition) is 7. The summed E-state index contributed by atoms with van der Waals surface area (Å²) >= 11 is 0. The van der Waals surface area contributed by atoms with E-state index in [9.17, 15) is 14.4 Å². The van der Waals surface area contributed by atoms with E-state index in [1.165, 1.54) is 16.1 Å². The summed E-state index contributed by atoms with van der Waals surface area (Å²) in [6, 6.07) is 12.9. The van der Waals surface area contributed by atoms with E-state index in [1.807, 2.05) is 30.3 Å². The molecule has 10 nitrogen and oxygen atoms in total. The SMILES string of the molecule is CN1C(=O)C(C)(C)C(=O)N(C)c2cc(OCCCNC(CCn3ccc4occc4c3=O)c3ccncc3)ccc21. The Morgan fingerprint density at radius 2 is 1.71 bits per heavy atom. The fourth-order valence-electron chi connectivity index (χ4n) is 5.27. The van der Waals surface area contributed by atoms with E-state index in [-0.39, 0.29) is 23.4 Å². The molecule has 1 atom stereocenters. The van der Waals surface area contributed by atoms with Gasteiger partial charge >= 0.3 is 0 Å². The Balaban J connectivity index is 1.20. The second kappa shape index (κ2) is 11.6. The zero-order valence-electron chi connectivity index (χ0n) is 23.8. The molecule has 214 valence electrons. The second-order valence-electron chi connectivity index (χ2n) is 10.8. The molecule has 0 fully saturated rings. The van der Waals surface area contributed by atoms with Crippen molar-refractivity contribution in [2.45, 2.75) is 39.3 Å². The molecule has 0 saturated heterocycles. The molecule has 1 unspecified atom stereocenters. The first-order valence-corrected chi connectivity index (χ1v) is 13.7. The van der Waals surface area contributed by atoms with Gasteiger partial charge in [-0.15, -0.1) is 0 Å². The van der Waals surface area contributed by atoms with E-state index in [4.69, 9.17) is 9.15 Å². The Morgan fingerprint density at radius 3 is 2.46 bits per heavy atom. The molecule has 4 aromatic rings. The van der Waals surface area contributed by atoms with Crippen LogP contribution in [0.2, 0.25) is 0 Å². The van der Waals surface area contributed by atoms with Gasteiger partial charge in [0, 0.05) is 51.3 Å². The third kappa shape index (κ3) is 5.60. The Hall–Kier alpha value is -4.44. The highest BCUT2D eigenvalue weighted by atomic mass is 16.5. The van der Waals surface area contributed by atoms with Crippen molar-refractivity contribution in [3.05, 3.63) is 83.2 Å². The van der Waals surface area contributed by atoms with Gasteiger partial charge in [0.05, 0.1) is 29.6 Å². The Morgan fingerprint density at radius 1 is 0.976 bits per heavy atom. The molecule has 0 radical (unpaired) electrons. The lowest BCUT2D eigenvalue weighted by Crippen LogP contribution is -2.46. The summed E-state index contributed by atoms with van der Waals surface area (Å²) in [5.41, 5.74) is 1.77. The van der Waals surface area contributed by atoms with Gasteiger partial charge < -0.3 is 28.8 Å². The van der Waals surface area contributed by atoms with Gasteiger partial charge in [0.2, 0.25) is 11.8 Å². The maximum Gasteiger partial charge on any atom is 0.261 e. The molecule has 1 aliphatic heterocycles. The zero-order valence-corrected chi connectivity index (χ0v) is 23.8. The van der Waals surface area contributed by atoms with E-state index in [2.05, 4.69) is 10.3 Å². The predicted molar refractivity (Wildman–Crippen MR) is 157 cm³/mol. The van der Waals surface area contributed by atoms with Crippen LogP contribution in [-0.2, 0) is 16.1 Å². The molecule has 4 heterocycles. The van der Waals surface area contributed by atoms with Gasteiger partial charge in [-0.2, -0.15) is 0 Å². The van der Waals surface area contributed by atoms with E-state index >= 15 is 0 Å². The number of fused-ring (bicyclic) bond motifs is 2. The number of rotatable bonds is 10. The van der Waals surface area contributed by atoms with Crippen molar-refractivity contribution in [3.8, 4) is 5.75 Å². The summed E-state index contributed by atoms with van der Waals surface area (Å²) in [4.78, 5) is 45.9. The number of pyridine rings is 2. The number of carbonyl (C=O) groups is 2. The van der Waals surface area contributed by atoms with Crippen LogP contribution in [0.25, 0.3) is 11.0 Å². The quantitative estimate of drug-likeness (QED) is 0.230. The van der Waals surface area contributed by atoms with Crippen LogP contribution < -0.4 is 25.4 Å². The second-order valence-corrected chi connectivity index (χ2v) is 10.8. The lowest BCUT2D eigenvalue weighted by atomic mass is 9.90. The molecule has 5 rings (SSSR count). The average Bonchev–Trinajstić information content (AvgIpc) is 3.46. The number of nitrogens with zero attached hydrogens (tertiary/aromatic N) is 4. The third-order valence-electron chi connectivity index (χ3n) is 7.69. The normalized spacial score (nSPS) is 15.6. The lowest BCUT2D eigenvalue weighted by molar-refractivity contribution is -0.137. The first-order chi connectivity index (χ1) is 19.7. The summed E-state index contributed by atoms with van der Waals surface area (Å²) in [5, 5.41) is 4.17. The maximum absolute atomic E-state index is 13.0. The fraction of sp³-hybridized carbons (Fsp3) is 0.355. The molecule has 41 heavy (non-hydrogen) atoms. The lowest BCUT2D eigenvalue weighted by Gasteiger charge is -2.25. The number of carbonyl (C=O) groups excluding carboxylic acids is 2. The van der Waals surface area contributed by atoms with Crippen molar-refractivity contribution in [1.29, 1.82) is 0 Å². The topological polar surface area (TPSA) is 110 Å². The number of aromatic nitrogens is 2. The molecule has 1 N–H and O–H groups in total. The molecule has 0 bridgehead atoms. The van der Waals surface area contributed by atoms with Crippen LogP contribution in [0.5, 0.6) is 5.75 Å². The standard InChI is InChI=1S/C31H35N5O5/c1-31(2)29(38)34(3)25-7-6-22(20-26(25)35(4)30(31)39)40-18-5-13-33-24(21-8-14-32-15-9-21)10-16-36-17-11-27-23(28(36)37)12-19-41-27/h6-9,11-12,14-15,17,19-20,24,33H,5,10,13,16,18H2,1-4H3. The fourth-order valence-corrected chi connectivity index (χ4v) is 5.27. The number of furan rings is 1. The highest BCUT2D eigenvalue weighted by Gasteiger charge is 2.44. The number of aryl methyl sites for hydroxylation is 1. The molecular formula is C31H35N5O5. The van der Waals surface area contributed by atoms with Crippen LogP contribution in [0.4, 0.5) is 11.4 Å². The summed E-state index contributed by atoms with van der Waals surface area (Å²) in [6.45, 7) is 5.00. The molecule has 1 aromatic carbocycles. The van der Waals surface area contributed by atoms with Crippen LogP contribution in [0.1, 0.15) is 38.3 Å². The number of benzene rings is 1. The van der Waals surface area contributed by atoms with Crippen molar-refractivity contribution in [2.24, 2.45) is 5.41 Å². The van der Waals surface area contributed by atoms with E-state index in [1.54, 1.807) is 63.2 Å². The van der Waals surface area contributed by atoms with Crippen LogP contribution in [0.15, 0.2) is 76.5 Å². The van der Waals surface area contributed by atoms with Gasteiger partial charge in [0.1, 0.15) is 16.7 Å². The molecule has 0 aliphatic carbocycles. The van der Waals surface area contributed by atoms with Crippen molar-refractivity contribution >= 4 is 34.2 Å². The third-order valence-corrected chi connectivity index (χ3v) is 7.69. The monoisotopic (exact) mass is 557 g/mol. The predicted octanol–water partition coefficient (Wildman–Crippen LogP) is 4.15. The molecule has 0 saturated carbocycles. The number of nitrogens with one attached hydrogen (secondary N) is 1. The van der Waals surface area contributed by atoms with Crippen molar-refractivity contribution < 1.29 is 18.7 Å². The zero-order chi connectivity index (χ0) is 29.1. The summed E-state index contributed by atoms with van der Waals surface area (Å²) in [5.74, 6) is 0.121. The number of hydrogen-bond donors (Lipinski definition) is 1. The summed E-state index contributed by atoms with van der Waals surface area (Å²) < 4.78 is 13.1. The number of amides is 2. The van der Waals surface area contributed by atoms with E-state index < -0.39 is 5.41 Å². The molecule has 1 aliphatic rings. The van der Waals surface area contributed by atoms with Crippen molar-refractivity contribution in [1.82, 2.24) is 14.9 Å². The first-order valence-electron chi connectivity index (χ1n) is 13.7. The van der Waals surface area contributed by atoms with Crippen molar-refractivity contribution in [2.75, 3.05) is 37.0 Å². The minimum absolute atomic E-state index is 0.0218. The van der Waals surface area contributed by atoms with Gasteiger partial charge in [-0.3, -0.25) is 19.4 Å². The molecule has 0 spiro atoms. The number of anilines is 2. The van der Waals surface area contributed by atoms with Gasteiger partial charge in [-0.25, -0.2) is 0 Å². The highest BCUT2D eigenvalue weighted by Crippen LogP contribution is 2.39. The average molecular weight is 558 g/mol. The molecule has 3 aromatic heterocycles. The molecule has 10 heteroatoms. The van der Waals surface area contributed by atoms with Crippen LogP contribution in [0.3, 0.4) is 0 Å². The van der Waals surface area contributed by atoms with Gasteiger partial charge in [0.15, 0.2) is 0 Å². The minimum atomic E-state index is -1.15. The molecular weight excluding hydrogens is 522 g/mol. The van der Waals surface area contributed by atoms with E-state index in [0.29, 0.717) is 54.2 Å². The van der Waals surface area contributed by atoms with Crippen molar-refractivity contribution in [3.63, 3.8) is 0 Å². The first kappa shape index (κ1) is 28.1. The minimum Gasteiger partial charge on any atom is -0.493 e. The van der Waals surface area contributed by atoms with Crippen LogP contribution in [0, 0.1) is 5.41 Å². The van der Waals surface area contributed by atoms with Gasteiger partial charge in [-0.1, -0.05) is 0 Å². The van der Waals surface area contributed by atoms with Crippen LogP contribution >= 0.6 is 0 Å². The van der Waals surface area contributed by atoms with Gasteiger partial charge in [-0.05, 0) is 75.2 Å². The van der Waals surface area contributed by atoms with Gasteiger partial charge in [0.25, 0.3) is 5.56 Å². The highest BCUT2D eigenvalue weighted by molar-refractivity contribution is 6.19. The van der Waals surface area contributed by atoms with E-state index in [0.717, 1.165) is 12.0 Å². The summed E-state index contributed by atoms with van der Waals surface area (Å²) in [7, 11) is 3.37. The van der Waals surface area contributed by atoms with Crippen LogP contribution in [-0.4, -0.2) is 48.6 Å². The number of ether oxygens (including phenoxy) is 1. The smallest absolute Gasteiger partial charge is 0.261 e. The Bertz CT molecular complexity index is 1610. The largest absolute Gasteiger partial charge is 0.493 e. The Labute approximate surface area is 238 Å².